The van der Waals surface area contributed by atoms with Gasteiger partial charge in [-0.25, -0.2) is 5.06 Å². The lowest BCUT2D eigenvalue weighted by Crippen LogP contribution is -2.26. The lowest BCUT2D eigenvalue weighted by atomic mass is 10.1. The molecule has 8 nitrogen and oxygen atoms in total. The van der Waals surface area contributed by atoms with Gasteiger partial charge in [-0.2, -0.15) is 0 Å². The van der Waals surface area contributed by atoms with E-state index in [-0.39, 0.29) is 17.6 Å². The molecule has 0 bridgehead atoms. The minimum atomic E-state index is -0.311. The van der Waals surface area contributed by atoms with Gasteiger partial charge in [-0.05, 0) is 36.4 Å². The third-order valence-corrected chi connectivity index (χ3v) is 5.01. The Balaban J connectivity index is 1.37. The quantitative estimate of drug-likeness (QED) is 0.714. The number of hydrogen-bond acceptors (Lipinski definition) is 6. The van der Waals surface area contributed by atoms with Crippen LogP contribution < -0.4 is 14.8 Å². The van der Waals surface area contributed by atoms with Crippen molar-refractivity contribution in [1.82, 2.24) is 5.06 Å². The maximum atomic E-state index is 12.8. The molecular formula is C22H20N2O6. The number of hydroxylamine groups is 2. The van der Waals surface area contributed by atoms with Crippen molar-refractivity contribution in [2.75, 3.05) is 31.7 Å². The maximum absolute atomic E-state index is 12.8. The Bertz CT molecular complexity index is 1140. The van der Waals surface area contributed by atoms with Crippen LogP contribution in [-0.4, -0.2) is 43.2 Å². The summed E-state index contributed by atoms with van der Waals surface area (Å²) in [6.45, 7) is 3.92. The van der Waals surface area contributed by atoms with Crippen LogP contribution in [0, 0.1) is 5.92 Å². The number of furan rings is 1. The van der Waals surface area contributed by atoms with Crippen LogP contribution in [0.25, 0.3) is 11.0 Å². The first-order chi connectivity index (χ1) is 14.6. The zero-order valence-electron chi connectivity index (χ0n) is 16.3. The van der Waals surface area contributed by atoms with Gasteiger partial charge in [-0.1, -0.05) is 13.0 Å². The summed E-state index contributed by atoms with van der Waals surface area (Å²) in [7, 11) is 0. The van der Waals surface area contributed by atoms with E-state index >= 15 is 0 Å². The van der Waals surface area contributed by atoms with Gasteiger partial charge in [-0.3, -0.25) is 14.4 Å². The molecule has 1 aromatic heterocycles. The van der Waals surface area contributed by atoms with Gasteiger partial charge in [0.25, 0.3) is 5.91 Å². The van der Waals surface area contributed by atoms with E-state index in [1.165, 1.54) is 5.06 Å². The molecule has 0 radical (unpaired) electrons. The van der Waals surface area contributed by atoms with Crippen molar-refractivity contribution < 1.29 is 28.3 Å². The van der Waals surface area contributed by atoms with Crippen LogP contribution in [0.2, 0.25) is 0 Å². The zero-order chi connectivity index (χ0) is 20.7. The van der Waals surface area contributed by atoms with E-state index in [0.717, 1.165) is 0 Å². The fourth-order valence-electron chi connectivity index (χ4n) is 3.55. The lowest BCUT2D eigenvalue weighted by Gasteiger charge is -2.20. The highest BCUT2D eigenvalue weighted by Crippen LogP contribution is 2.34. The molecule has 2 aliphatic rings. The third kappa shape index (κ3) is 3.35. The molecule has 0 aliphatic carbocycles. The van der Waals surface area contributed by atoms with Crippen LogP contribution in [0.15, 0.2) is 46.9 Å². The Kier molecular flexibility index (Phi) is 4.55. The molecule has 1 atom stereocenters. The second kappa shape index (κ2) is 7.38. The Labute approximate surface area is 172 Å². The van der Waals surface area contributed by atoms with Gasteiger partial charge in [0.05, 0.1) is 18.7 Å². The fourth-order valence-corrected chi connectivity index (χ4v) is 3.55. The largest absolute Gasteiger partial charge is 0.486 e. The van der Waals surface area contributed by atoms with Gasteiger partial charge < -0.3 is 19.2 Å². The number of amides is 2. The first-order valence-corrected chi connectivity index (χ1v) is 9.77. The summed E-state index contributed by atoms with van der Waals surface area (Å²) in [4.78, 5) is 30.7. The van der Waals surface area contributed by atoms with E-state index in [1.54, 1.807) is 42.5 Å². The Morgan fingerprint density at radius 1 is 1.10 bits per heavy atom. The van der Waals surface area contributed by atoms with Gasteiger partial charge in [-0.15, -0.1) is 0 Å². The number of benzene rings is 2. The van der Waals surface area contributed by atoms with E-state index in [2.05, 4.69) is 5.32 Å². The Hall–Kier alpha value is -3.52. The number of nitrogens with zero attached hydrogens (tertiary/aromatic N) is 1. The van der Waals surface area contributed by atoms with E-state index in [9.17, 15) is 9.59 Å². The smallest absolute Gasteiger partial charge is 0.313 e. The first-order valence-electron chi connectivity index (χ1n) is 9.77. The highest BCUT2D eigenvalue weighted by Gasteiger charge is 2.28. The average Bonchev–Trinajstić information content (AvgIpc) is 3.38. The number of ether oxygens (including phenoxy) is 2. The molecule has 1 fully saturated rings. The van der Waals surface area contributed by atoms with Crippen LogP contribution in [0.5, 0.6) is 11.5 Å². The number of fused-ring (bicyclic) bond motifs is 2. The number of nitrogens with one attached hydrogen (secondary N) is 1. The molecule has 3 aromatic rings. The molecule has 0 spiro atoms. The molecule has 1 N–H and O–H groups in total. The standard InChI is InChI=1S/C22H20N2O6/c1-13-11-24(29-12-13)22(26)19-10-14-9-15(5-6-17(14)30-19)23-21(25)16-3-2-4-18-20(16)28-8-7-27-18/h2-6,9-10,13H,7-8,11-12H2,1H3,(H,23,25). The van der Waals surface area contributed by atoms with Crippen LogP contribution >= 0.6 is 0 Å². The summed E-state index contributed by atoms with van der Waals surface area (Å²) < 4.78 is 16.8. The van der Waals surface area contributed by atoms with Gasteiger partial charge >= 0.3 is 5.91 Å². The van der Waals surface area contributed by atoms with Gasteiger partial charge in [0, 0.05) is 17.0 Å². The van der Waals surface area contributed by atoms with Crippen molar-refractivity contribution >= 4 is 28.5 Å². The SMILES string of the molecule is CC1CON(C(=O)c2cc3cc(NC(=O)c4cccc5c4OCCO5)ccc3o2)C1. The molecule has 2 aromatic carbocycles. The minimum Gasteiger partial charge on any atom is -0.486 e. The number of para-hydroxylation sites is 1. The molecule has 0 saturated carbocycles. The molecule has 3 heterocycles. The Morgan fingerprint density at radius 3 is 2.80 bits per heavy atom. The van der Waals surface area contributed by atoms with Gasteiger partial charge in [0.1, 0.15) is 18.8 Å². The Morgan fingerprint density at radius 2 is 1.97 bits per heavy atom. The normalized spacial score (nSPS) is 17.9. The minimum absolute atomic E-state index is 0.199. The van der Waals surface area contributed by atoms with Gasteiger partial charge in [0.15, 0.2) is 17.3 Å². The molecule has 2 aliphatic heterocycles. The van der Waals surface area contributed by atoms with Crippen LogP contribution in [-0.2, 0) is 4.84 Å². The highest BCUT2D eigenvalue weighted by molar-refractivity contribution is 6.07. The zero-order valence-corrected chi connectivity index (χ0v) is 16.3. The lowest BCUT2D eigenvalue weighted by molar-refractivity contribution is -0.0787. The summed E-state index contributed by atoms with van der Waals surface area (Å²) in [5.74, 6) is 0.868. The van der Waals surface area contributed by atoms with Gasteiger partial charge in [0.2, 0.25) is 0 Å². The number of carbonyl (C=O) groups is 2. The molecule has 154 valence electrons. The van der Waals surface area contributed by atoms with E-state index in [0.29, 0.717) is 66.0 Å². The molecule has 8 heteroatoms. The maximum Gasteiger partial charge on any atom is 0.313 e. The average molecular weight is 408 g/mol. The summed E-state index contributed by atoms with van der Waals surface area (Å²) in [6, 6.07) is 12.1. The predicted molar refractivity (Wildman–Crippen MR) is 108 cm³/mol. The van der Waals surface area contributed by atoms with Crippen molar-refractivity contribution in [3.63, 3.8) is 0 Å². The summed E-state index contributed by atoms with van der Waals surface area (Å²) in [5.41, 5.74) is 1.53. The second-order valence-electron chi connectivity index (χ2n) is 7.41. The third-order valence-electron chi connectivity index (χ3n) is 5.01. The first kappa shape index (κ1) is 18.5. The second-order valence-corrected chi connectivity index (χ2v) is 7.41. The van der Waals surface area contributed by atoms with Crippen molar-refractivity contribution in [3.8, 4) is 11.5 Å². The molecule has 2 amide bonds. The molecular weight excluding hydrogens is 388 g/mol. The fraction of sp³-hybridized carbons (Fsp3) is 0.273. The van der Waals surface area contributed by atoms with E-state index in [1.807, 2.05) is 6.92 Å². The molecule has 1 unspecified atom stereocenters. The van der Waals surface area contributed by atoms with Crippen LogP contribution in [0.3, 0.4) is 0 Å². The topological polar surface area (TPSA) is 90.2 Å². The van der Waals surface area contributed by atoms with Crippen molar-refractivity contribution in [2.24, 2.45) is 5.92 Å². The number of carbonyl (C=O) groups excluding carboxylic acids is 2. The van der Waals surface area contributed by atoms with Crippen molar-refractivity contribution in [1.29, 1.82) is 0 Å². The highest BCUT2D eigenvalue weighted by atomic mass is 16.7. The number of anilines is 1. The predicted octanol–water partition coefficient (Wildman–Crippen LogP) is 3.48. The molecule has 30 heavy (non-hydrogen) atoms. The molecule has 5 rings (SSSR count). The van der Waals surface area contributed by atoms with Crippen LogP contribution in [0.4, 0.5) is 5.69 Å². The summed E-state index contributed by atoms with van der Waals surface area (Å²) in [5, 5.41) is 4.90. The summed E-state index contributed by atoms with van der Waals surface area (Å²) >= 11 is 0. The van der Waals surface area contributed by atoms with E-state index in [4.69, 9.17) is 18.7 Å². The van der Waals surface area contributed by atoms with Crippen molar-refractivity contribution in [2.45, 2.75) is 6.92 Å². The number of hydrogen-bond donors (Lipinski definition) is 1. The van der Waals surface area contributed by atoms with E-state index < -0.39 is 0 Å². The monoisotopic (exact) mass is 408 g/mol. The summed E-state index contributed by atoms with van der Waals surface area (Å²) in [6.07, 6.45) is 0. The number of rotatable bonds is 3. The molecule has 1 saturated heterocycles. The van der Waals surface area contributed by atoms with Crippen LogP contribution in [0.1, 0.15) is 27.8 Å². The van der Waals surface area contributed by atoms with Crippen molar-refractivity contribution in [3.05, 3.63) is 53.8 Å².